The molecule has 2 saturated carbocycles. The van der Waals surface area contributed by atoms with Crippen molar-refractivity contribution in [3.63, 3.8) is 0 Å². The number of hydrogen-bond acceptors (Lipinski definition) is 6. The largest absolute Gasteiger partial charge is 0.573 e. The molecule has 3 fully saturated rings. The van der Waals surface area contributed by atoms with E-state index in [1.54, 1.807) is 18.0 Å². The van der Waals surface area contributed by atoms with E-state index in [0.29, 0.717) is 18.2 Å². The molecular formula is C22H30F3N7O3. The van der Waals surface area contributed by atoms with Gasteiger partial charge in [-0.3, -0.25) is 5.01 Å². The summed E-state index contributed by atoms with van der Waals surface area (Å²) in [6.45, 7) is 0.451. The molecule has 13 heteroatoms. The molecule has 2 aliphatic carbocycles. The Morgan fingerprint density at radius 2 is 1.97 bits per heavy atom. The number of alkyl halides is 3. The summed E-state index contributed by atoms with van der Waals surface area (Å²) in [5, 5.41) is 4.25. The van der Waals surface area contributed by atoms with E-state index < -0.39 is 12.4 Å². The number of urea groups is 2. The van der Waals surface area contributed by atoms with Gasteiger partial charge in [0.1, 0.15) is 5.75 Å². The van der Waals surface area contributed by atoms with Gasteiger partial charge in [0.2, 0.25) is 0 Å². The van der Waals surface area contributed by atoms with Crippen LogP contribution in [0.2, 0.25) is 0 Å². The SMILES string of the molecule is CNN(/C=C(\N)CNC(=O)N(C1CC1)[C@@H]1CC2CC2N(C(N)=O)C1)c1cccc(OC(F)(F)F)c1. The number of amides is 4. The highest BCUT2D eigenvalue weighted by Gasteiger charge is 2.52. The van der Waals surface area contributed by atoms with Gasteiger partial charge in [0.25, 0.3) is 0 Å². The number of benzene rings is 1. The van der Waals surface area contributed by atoms with Crippen molar-refractivity contribution in [1.82, 2.24) is 20.5 Å². The first-order chi connectivity index (χ1) is 16.6. The Bertz CT molecular complexity index is 985. The number of piperidine rings is 1. The number of fused-ring (bicyclic) bond motifs is 1. The number of halogens is 3. The third kappa shape index (κ3) is 6.21. The molecule has 3 aliphatic rings. The van der Waals surface area contributed by atoms with Crippen LogP contribution in [-0.4, -0.2) is 66.5 Å². The Balaban J connectivity index is 1.38. The number of hydrazine groups is 1. The van der Waals surface area contributed by atoms with Crippen molar-refractivity contribution in [3.05, 3.63) is 36.2 Å². The van der Waals surface area contributed by atoms with Gasteiger partial charge in [0, 0.05) is 43.6 Å². The number of likely N-dealkylation sites (tertiary alicyclic amines) is 1. The van der Waals surface area contributed by atoms with E-state index in [4.69, 9.17) is 11.5 Å². The molecule has 4 rings (SSSR count). The number of carbonyl (C=O) groups is 2. The Labute approximate surface area is 201 Å². The fraction of sp³-hybridized carbons (Fsp3) is 0.545. The van der Waals surface area contributed by atoms with E-state index in [1.165, 1.54) is 29.4 Å². The van der Waals surface area contributed by atoms with Gasteiger partial charge in [-0.05, 0) is 43.7 Å². The van der Waals surface area contributed by atoms with Crippen molar-refractivity contribution in [3.8, 4) is 5.75 Å². The fourth-order valence-corrected chi connectivity index (χ4v) is 4.67. The normalized spacial score (nSPS) is 23.8. The highest BCUT2D eigenvalue weighted by molar-refractivity contribution is 5.76. The third-order valence-corrected chi connectivity index (χ3v) is 6.43. The first kappa shape index (κ1) is 24.8. The van der Waals surface area contributed by atoms with Crippen LogP contribution in [0, 0.1) is 5.92 Å². The Hall–Kier alpha value is -3.35. The standard InChI is InChI=1S/C22H30F3N7O3/c1-28-31(16-3-2-4-18(9-16)35-22(23,24)25)11-14(26)10-29-21(34)32(15-5-6-15)17-7-13-8-19(13)30(12-17)20(27)33/h2-4,9,11,13,15,17,19,28H,5-8,10,12,26H2,1H3,(H2,27,33)(H,29,34)/b14-11-/t13?,17-,19?/m1/s1. The molecule has 192 valence electrons. The predicted molar refractivity (Wildman–Crippen MR) is 122 cm³/mol. The summed E-state index contributed by atoms with van der Waals surface area (Å²) in [6.07, 6.45) is 0.243. The average molecular weight is 498 g/mol. The molecule has 0 spiro atoms. The second-order valence-electron chi connectivity index (χ2n) is 9.08. The summed E-state index contributed by atoms with van der Waals surface area (Å²) in [7, 11) is 1.58. The van der Waals surface area contributed by atoms with Gasteiger partial charge >= 0.3 is 18.4 Å². The highest BCUT2D eigenvalue weighted by Crippen LogP contribution is 2.45. The van der Waals surface area contributed by atoms with E-state index in [1.807, 2.05) is 4.90 Å². The number of nitrogens with one attached hydrogen (secondary N) is 2. The van der Waals surface area contributed by atoms with Crippen LogP contribution >= 0.6 is 0 Å². The molecule has 6 N–H and O–H groups in total. The van der Waals surface area contributed by atoms with Crippen LogP contribution in [0.15, 0.2) is 36.2 Å². The van der Waals surface area contributed by atoms with Gasteiger partial charge in [0.05, 0.1) is 18.3 Å². The minimum Gasteiger partial charge on any atom is -0.406 e. The minimum absolute atomic E-state index is 0.0251. The third-order valence-electron chi connectivity index (χ3n) is 6.43. The summed E-state index contributed by atoms with van der Waals surface area (Å²) in [4.78, 5) is 28.3. The van der Waals surface area contributed by atoms with Crippen molar-refractivity contribution in [2.75, 3.05) is 25.1 Å². The van der Waals surface area contributed by atoms with Crippen molar-refractivity contribution >= 4 is 17.7 Å². The summed E-state index contributed by atoms with van der Waals surface area (Å²) >= 11 is 0. The highest BCUT2D eigenvalue weighted by atomic mass is 19.4. The van der Waals surface area contributed by atoms with Crippen LogP contribution in [0.1, 0.15) is 25.7 Å². The molecule has 1 aromatic rings. The molecule has 0 aromatic heterocycles. The fourth-order valence-electron chi connectivity index (χ4n) is 4.67. The molecule has 3 atom stereocenters. The van der Waals surface area contributed by atoms with Crippen LogP contribution in [0.25, 0.3) is 0 Å². The van der Waals surface area contributed by atoms with Crippen molar-refractivity contribution in [2.24, 2.45) is 17.4 Å². The van der Waals surface area contributed by atoms with Crippen LogP contribution < -0.4 is 32.0 Å². The molecule has 2 unspecified atom stereocenters. The van der Waals surface area contributed by atoms with Gasteiger partial charge in [-0.1, -0.05) is 6.07 Å². The quantitative estimate of drug-likeness (QED) is 0.407. The van der Waals surface area contributed by atoms with Gasteiger partial charge in [-0.25, -0.2) is 15.0 Å². The van der Waals surface area contributed by atoms with Gasteiger partial charge < -0.3 is 31.3 Å². The lowest BCUT2D eigenvalue weighted by atomic mass is 10.0. The van der Waals surface area contributed by atoms with Crippen LogP contribution in [-0.2, 0) is 0 Å². The van der Waals surface area contributed by atoms with E-state index >= 15 is 0 Å². The molecule has 1 saturated heterocycles. The van der Waals surface area contributed by atoms with Gasteiger partial charge in [0.15, 0.2) is 0 Å². The van der Waals surface area contributed by atoms with Crippen LogP contribution in [0.3, 0.4) is 0 Å². The molecule has 1 aliphatic heterocycles. The predicted octanol–water partition coefficient (Wildman–Crippen LogP) is 2.04. The Morgan fingerprint density at radius 3 is 2.60 bits per heavy atom. The smallest absolute Gasteiger partial charge is 0.406 e. The van der Waals surface area contributed by atoms with Crippen molar-refractivity contribution < 1.29 is 27.5 Å². The van der Waals surface area contributed by atoms with Gasteiger partial charge in [-0.2, -0.15) is 0 Å². The number of carbonyl (C=O) groups excluding carboxylic acids is 2. The second kappa shape index (κ2) is 9.72. The zero-order valence-electron chi connectivity index (χ0n) is 19.3. The number of ether oxygens (including phenoxy) is 1. The number of primary amides is 1. The number of nitrogens with two attached hydrogens (primary N) is 2. The van der Waals surface area contributed by atoms with E-state index in [-0.39, 0.29) is 42.1 Å². The summed E-state index contributed by atoms with van der Waals surface area (Å²) in [6, 6.07) is 4.89. The summed E-state index contributed by atoms with van der Waals surface area (Å²) in [5.74, 6) is 0.00697. The summed E-state index contributed by atoms with van der Waals surface area (Å²) in [5.41, 5.74) is 15.1. The lowest BCUT2D eigenvalue weighted by Gasteiger charge is -2.38. The Morgan fingerprint density at radius 1 is 1.23 bits per heavy atom. The minimum atomic E-state index is -4.80. The maximum atomic E-state index is 13.1. The second-order valence-corrected chi connectivity index (χ2v) is 9.08. The first-order valence-electron chi connectivity index (χ1n) is 11.5. The number of anilines is 1. The zero-order chi connectivity index (χ0) is 25.3. The van der Waals surface area contributed by atoms with Crippen molar-refractivity contribution in [1.29, 1.82) is 0 Å². The van der Waals surface area contributed by atoms with Gasteiger partial charge in [-0.15, -0.1) is 13.2 Å². The van der Waals surface area contributed by atoms with E-state index in [2.05, 4.69) is 15.5 Å². The first-order valence-corrected chi connectivity index (χ1v) is 11.5. The summed E-state index contributed by atoms with van der Waals surface area (Å²) < 4.78 is 41.6. The molecule has 4 amide bonds. The number of hydrogen-bond donors (Lipinski definition) is 4. The molecular weight excluding hydrogens is 467 g/mol. The molecule has 0 radical (unpaired) electrons. The van der Waals surface area contributed by atoms with E-state index in [9.17, 15) is 22.8 Å². The zero-order valence-corrected chi connectivity index (χ0v) is 19.3. The lowest BCUT2D eigenvalue weighted by molar-refractivity contribution is -0.274. The Kier molecular flexibility index (Phi) is 6.88. The number of rotatable bonds is 8. The monoisotopic (exact) mass is 497 g/mol. The topological polar surface area (TPSA) is 129 Å². The molecule has 35 heavy (non-hydrogen) atoms. The maximum Gasteiger partial charge on any atom is 0.573 e. The van der Waals surface area contributed by atoms with E-state index in [0.717, 1.165) is 25.7 Å². The molecule has 0 bridgehead atoms. The number of nitrogens with zero attached hydrogens (tertiary/aromatic N) is 3. The van der Waals surface area contributed by atoms with Crippen molar-refractivity contribution in [2.45, 2.75) is 50.2 Å². The molecule has 1 heterocycles. The molecule has 10 nitrogen and oxygen atoms in total. The average Bonchev–Trinajstić information content (AvgIpc) is 3.70. The lowest BCUT2D eigenvalue weighted by Crippen LogP contribution is -2.56. The van der Waals surface area contributed by atoms with Crippen LogP contribution in [0.4, 0.5) is 28.4 Å². The molecule has 1 aromatic carbocycles. The maximum absolute atomic E-state index is 13.1. The van der Waals surface area contributed by atoms with Crippen LogP contribution in [0.5, 0.6) is 5.75 Å².